The molecule has 0 saturated carbocycles. The van der Waals surface area contributed by atoms with Gasteiger partial charge in [-0.15, -0.1) is 0 Å². The third-order valence-electron chi connectivity index (χ3n) is 3.59. The predicted molar refractivity (Wildman–Crippen MR) is 89.9 cm³/mol. The van der Waals surface area contributed by atoms with Gasteiger partial charge in [-0.2, -0.15) is 0 Å². The van der Waals surface area contributed by atoms with E-state index in [0.29, 0.717) is 11.1 Å². The number of hydrogen-bond acceptors (Lipinski definition) is 5. The molecule has 0 spiro atoms. The summed E-state index contributed by atoms with van der Waals surface area (Å²) < 4.78 is 5.07. The second-order valence-corrected chi connectivity index (χ2v) is 6.93. The molecule has 1 heterocycles. The first-order chi connectivity index (χ1) is 11.6. The number of nitrogens with zero attached hydrogens (tertiary/aromatic N) is 1. The molecule has 1 aliphatic heterocycles. The van der Waals surface area contributed by atoms with E-state index >= 15 is 0 Å². The largest absolute Gasteiger partial charge is 0.452 e. The lowest BCUT2D eigenvalue weighted by molar-refractivity contribution is -0.155. The minimum Gasteiger partial charge on any atom is -0.452 e. The van der Waals surface area contributed by atoms with Crippen LogP contribution in [0.3, 0.4) is 0 Å². The quantitative estimate of drug-likeness (QED) is 0.644. The molecular formula is C18H22N2O5. The Bertz CT molecular complexity index is 685. The molecule has 1 aromatic carbocycles. The van der Waals surface area contributed by atoms with Gasteiger partial charge in [0.2, 0.25) is 0 Å². The van der Waals surface area contributed by atoms with Gasteiger partial charge >= 0.3 is 5.97 Å². The SMILES string of the molecule is C[C@@H](OC(=O)CCN1C(=O)c2ccccc2C1=O)C(=O)NC(C)(C)C. The van der Waals surface area contributed by atoms with Crippen molar-refractivity contribution in [1.82, 2.24) is 10.2 Å². The van der Waals surface area contributed by atoms with Gasteiger partial charge in [0, 0.05) is 12.1 Å². The van der Waals surface area contributed by atoms with Crippen molar-refractivity contribution >= 4 is 23.7 Å². The lowest BCUT2D eigenvalue weighted by atomic mass is 10.1. The van der Waals surface area contributed by atoms with Crippen LogP contribution in [0.4, 0.5) is 0 Å². The lowest BCUT2D eigenvalue weighted by Crippen LogP contribution is -2.46. The van der Waals surface area contributed by atoms with E-state index in [0.717, 1.165) is 4.90 Å². The lowest BCUT2D eigenvalue weighted by Gasteiger charge is -2.23. The third-order valence-corrected chi connectivity index (χ3v) is 3.59. The maximum Gasteiger partial charge on any atom is 0.308 e. The molecule has 0 fully saturated rings. The van der Waals surface area contributed by atoms with Crippen LogP contribution in [-0.2, 0) is 14.3 Å². The van der Waals surface area contributed by atoms with Crippen molar-refractivity contribution in [3.8, 4) is 0 Å². The Morgan fingerprint density at radius 2 is 1.64 bits per heavy atom. The summed E-state index contributed by atoms with van der Waals surface area (Å²) in [4.78, 5) is 49.2. The summed E-state index contributed by atoms with van der Waals surface area (Å²) in [5.41, 5.74) is 0.232. The van der Waals surface area contributed by atoms with Crippen molar-refractivity contribution in [3.05, 3.63) is 35.4 Å². The number of ether oxygens (including phenoxy) is 1. The van der Waals surface area contributed by atoms with E-state index < -0.39 is 35.3 Å². The van der Waals surface area contributed by atoms with Crippen LogP contribution in [0, 0.1) is 0 Å². The number of nitrogens with one attached hydrogen (secondary N) is 1. The molecule has 0 aliphatic carbocycles. The summed E-state index contributed by atoms with van der Waals surface area (Å²) in [6.45, 7) is 6.85. The van der Waals surface area contributed by atoms with Gasteiger partial charge in [-0.05, 0) is 39.8 Å². The van der Waals surface area contributed by atoms with Gasteiger partial charge < -0.3 is 10.1 Å². The van der Waals surface area contributed by atoms with Crippen LogP contribution in [0.2, 0.25) is 0 Å². The van der Waals surface area contributed by atoms with E-state index in [1.807, 2.05) is 20.8 Å². The molecule has 1 N–H and O–H groups in total. The highest BCUT2D eigenvalue weighted by Gasteiger charge is 2.35. The van der Waals surface area contributed by atoms with E-state index in [2.05, 4.69) is 5.32 Å². The van der Waals surface area contributed by atoms with Gasteiger partial charge in [-0.25, -0.2) is 0 Å². The van der Waals surface area contributed by atoms with Crippen molar-refractivity contribution in [3.63, 3.8) is 0 Å². The average molecular weight is 346 g/mol. The van der Waals surface area contributed by atoms with Crippen molar-refractivity contribution in [1.29, 1.82) is 0 Å². The monoisotopic (exact) mass is 346 g/mol. The van der Waals surface area contributed by atoms with E-state index in [-0.39, 0.29) is 13.0 Å². The topological polar surface area (TPSA) is 92.8 Å². The summed E-state index contributed by atoms with van der Waals surface area (Å²) in [6.07, 6.45) is -1.12. The highest BCUT2D eigenvalue weighted by atomic mass is 16.5. The van der Waals surface area contributed by atoms with E-state index in [4.69, 9.17) is 4.74 Å². The number of carbonyl (C=O) groups is 4. The van der Waals surface area contributed by atoms with Crippen LogP contribution in [0.1, 0.15) is 54.8 Å². The zero-order valence-electron chi connectivity index (χ0n) is 14.8. The maximum atomic E-state index is 12.2. The molecule has 1 aliphatic rings. The van der Waals surface area contributed by atoms with E-state index in [1.54, 1.807) is 24.3 Å². The second-order valence-electron chi connectivity index (χ2n) is 6.93. The number of carbonyl (C=O) groups excluding carboxylic acids is 4. The Hall–Kier alpha value is -2.70. The highest BCUT2D eigenvalue weighted by molar-refractivity contribution is 6.21. The van der Waals surface area contributed by atoms with Crippen LogP contribution in [0.25, 0.3) is 0 Å². The van der Waals surface area contributed by atoms with Crippen LogP contribution in [0.5, 0.6) is 0 Å². The van der Waals surface area contributed by atoms with Gasteiger partial charge in [0.25, 0.3) is 17.7 Å². The zero-order valence-corrected chi connectivity index (χ0v) is 14.8. The standard InChI is InChI=1S/C18H22N2O5/c1-11(15(22)19-18(2,3)4)25-14(21)9-10-20-16(23)12-7-5-6-8-13(12)17(20)24/h5-8,11H,9-10H2,1-4H3,(H,19,22)/t11-/m1/s1. The first kappa shape index (κ1) is 18.6. The first-order valence-corrected chi connectivity index (χ1v) is 8.07. The minimum atomic E-state index is -0.950. The molecule has 7 nitrogen and oxygen atoms in total. The number of imide groups is 1. The molecule has 25 heavy (non-hydrogen) atoms. The minimum absolute atomic E-state index is 0.0845. The maximum absolute atomic E-state index is 12.2. The summed E-state index contributed by atoms with van der Waals surface area (Å²) in [5.74, 6) is -1.89. The van der Waals surface area contributed by atoms with E-state index in [1.165, 1.54) is 6.92 Å². The van der Waals surface area contributed by atoms with Gasteiger partial charge in [-0.3, -0.25) is 24.1 Å². The van der Waals surface area contributed by atoms with Crippen LogP contribution in [0.15, 0.2) is 24.3 Å². The fourth-order valence-corrected chi connectivity index (χ4v) is 2.43. The Balaban J connectivity index is 1.88. The molecule has 0 saturated heterocycles. The Kier molecular flexibility index (Phi) is 5.25. The fourth-order valence-electron chi connectivity index (χ4n) is 2.43. The van der Waals surface area contributed by atoms with Crippen molar-refractivity contribution < 1.29 is 23.9 Å². The Morgan fingerprint density at radius 1 is 1.12 bits per heavy atom. The van der Waals surface area contributed by atoms with Gasteiger partial charge in [0.15, 0.2) is 6.10 Å². The van der Waals surface area contributed by atoms with E-state index in [9.17, 15) is 19.2 Å². The first-order valence-electron chi connectivity index (χ1n) is 8.07. The molecule has 0 aromatic heterocycles. The summed E-state index contributed by atoms with van der Waals surface area (Å²) in [7, 11) is 0. The van der Waals surface area contributed by atoms with Gasteiger partial charge in [-0.1, -0.05) is 12.1 Å². The summed E-state index contributed by atoms with van der Waals surface area (Å²) in [6, 6.07) is 6.51. The zero-order chi connectivity index (χ0) is 18.8. The number of hydrogen-bond donors (Lipinski definition) is 1. The molecule has 7 heteroatoms. The molecule has 1 atom stereocenters. The van der Waals surface area contributed by atoms with Crippen LogP contribution >= 0.6 is 0 Å². The normalized spacial score (nSPS) is 15.0. The molecular weight excluding hydrogens is 324 g/mol. The number of benzene rings is 1. The molecule has 134 valence electrons. The highest BCUT2D eigenvalue weighted by Crippen LogP contribution is 2.22. The molecule has 3 amide bonds. The molecule has 2 rings (SSSR count). The summed E-state index contributed by atoms with van der Waals surface area (Å²) in [5, 5.41) is 2.71. The third kappa shape index (κ3) is 4.43. The number of fused-ring (bicyclic) bond motifs is 1. The average Bonchev–Trinajstić information content (AvgIpc) is 2.75. The number of rotatable bonds is 5. The van der Waals surface area contributed by atoms with Gasteiger partial charge in [0.1, 0.15) is 0 Å². The second kappa shape index (κ2) is 7.04. The van der Waals surface area contributed by atoms with Crippen molar-refractivity contribution in [2.24, 2.45) is 0 Å². The smallest absolute Gasteiger partial charge is 0.308 e. The number of amides is 3. The van der Waals surface area contributed by atoms with Gasteiger partial charge in [0.05, 0.1) is 17.5 Å². The fraction of sp³-hybridized carbons (Fsp3) is 0.444. The Morgan fingerprint density at radius 3 is 2.12 bits per heavy atom. The molecule has 1 aromatic rings. The Labute approximate surface area is 146 Å². The number of esters is 1. The molecule has 0 radical (unpaired) electrons. The van der Waals surface area contributed by atoms with Crippen LogP contribution in [-0.4, -0.2) is 46.8 Å². The van der Waals surface area contributed by atoms with Crippen molar-refractivity contribution in [2.75, 3.05) is 6.54 Å². The molecule has 0 bridgehead atoms. The predicted octanol–water partition coefficient (Wildman–Crippen LogP) is 1.52. The summed E-state index contributed by atoms with van der Waals surface area (Å²) >= 11 is 0. The van der Waals surface area contributed by atoms with Crippen molar-refractivity contribution in [2.45, 2.75) is 45.8 Å². The van der Waals surface area contributed by atoms with Crippen LogP contribution < -0.4 is 5.32 Å². The molecule has 0 unspecified atom stereocenters.